The number of benzene rings is 2. The summed E-state index contributed by atoms with van der Waals surface area (Å²) in [5, 5.41) is 3.63. The number of rotatable bonds is 6. The first kappa shape index (κ1) is 19.0. The number of pyridine rings is 1. The van der Waals surface area contributed by atoms with E-state index in [4.69, 9.17) is 4.74 Å². The molecule has 29 heavy (non-hydrogen) atoms. The Morgan fingerprint density at radius 1 is 1.17 bits per heavy atom. The highest BCUT2D eigenvalue weighted by Gasteiger charge is 2.22. The number of nitrogens with one attached hydrogen (secondary N) is 1. The molecule has 2 aromatic carbocycles. The molecule has 0 spiro atoms. The number of likely N-dealkylation sites (N-methyl/N-ethyl adjacent to an activating group) is 1. The van der Waals surface area contributed by atoms with Crippen LogP contribution in [0.15, 0.2) is 67.0 Å². The minimum Gasteiger partial charge on any atom is -0.497 e. The molecular formula is C24H25N3O2. The quantitative estimate of drug-likeness (QED) is 0.691. The summed E-state index contributed by atoms with van der Waals surface area (Å²) >= 11 is 0. The minimum absolute atomic E-state index is 0.0413. The maximum Gasteiger partial charge on any atom is 0.253 e. The highest BCUT2D eigenvalue weighted by molar-refractivity contribution is 5.97. The number of carbonyl (C=O) groups is 1. The third kappa shape index (κ3) is 4.24. The van der Waals surface area contributed by atoms with E-state index in [0.29, 0.717) is 0 Å². The summed E-state index contributed by atoms with van der Waals surface area (Å²) in [6.45, 7) is 0.772. The Morgan fingerprint density at radius 3 is 2.72 bits per heavy atom. The fourth-order valence-corrected chi connectivity index (χ4v) is 3.72. The number of hydrogen-bond donors (Lipinski definition) is 1. The Balaban J connectivity index is 1.63. The van der Waals surface area contributed by atoms with E-state index in [-0.39, 0.29) is 11.9 Å². The van der Waals surface area contributed by atoms with Crippen LogP contribution in [0, 0.1) is 0 Å². The number of aromatic nitrogens is 1. The number of carbonyl (C=O) groups excluding carboxylic acids is 1. The van der Waals surface area contributed by atoms with Gasteiger partial charge in [0, 0.05) is 37.2 Å². The average Bonchev–Trinajstić information content (AvgIpc) is 2.77. The summed E-state index contributed by atoms with van der Waals surface area (Å²) in [6.07, 6.45) is 5.36. The number of ether oxygens (including phenoxy) is 1. The summed E-state index contributed by atoms with van der Waals surface area (Å²) in [7, 11) is 3.52. The molecule has 4 rings (SSSR count). The largest absolute Gasteiger partial charge is 0.497 e. The molecule has 148 valence electrons. The van der Waals surface area contributed by atoms with Crippen LogP contribution < -0.4 is 10.1 Å². The van der Waals surface area contributed by atoms with E-state index in [9.17, 15) is 4.79 Å². The number of anilines is 1. The van der Waals surface area contributed by atoms with Crippen molar-refractivity contribution < 1.29 is 9.53 Å². The maximum atomic E-state index is 12.6. The molecule has 1 atom stereocenters. The Bertz CT molecular complexity index is 987. The monoisotopic (exact) mass is 387 g/mol. The molecule has 0 saturated carbocycles. The van der Waals surface area contributed by atoms with Gasteiger partial charge in [0.2, 0.25) is 0 Å². The van der Waals surface area contributed by atoms with Gasteiger partial charge in [-0.2, -0.15) is 0 Å². The first-order chi connectivity index (χ1) is 14.1. The van der Waals surface area contributed by atoms with Crippen molar-refractivity contribution in [1.82, 2.24) is 9.88 Å². The minimum atomic E-state index is 0.0413. The summed E-state index contributed by atoms with van der Waals surface area (Å²) in [4.78, 5) is 18.6. The van der Waals surface area contributed by atoms with Crippen molar-refractivity contribution in [3.05, 3.63) is 89.2 Å². The van der Waals surface area contributed by atoms with E-state index >= 15 is 0 Å². The lowest BCUT2D eigenvalue weighted by Gasteiger charge is -2.26. The lowest BCUT2D eigenvalue weighted by molar-refractivity contribution is 0.0781. The van der Waals surface area contributed by atoms with Crippen molar-refractivity contribution in [1.29, 1.82) is 0 Å². The second-order valence-electron chi connectivity index (χ2n) is 7.38. The smallest absolute Gasteiger partial charge is 0.253 e. The van der Waals surface area contributed by atoms with Gasteiger partial charge >= 0.3 is 0 Å². The first-order valence-corrected chi connectivity index (χ1v) is 9.82. The molecule has 1 aliphatic rings. The van der Waals surface area contributed by atoms with E-state index in [0.717, 1.165) is 53.1 Å². The van der Waals surface area contributed by atoms with Gasteiger partial charge < -0.3 is 15.0 Å². The van der Waals surface area contributed by atoms with Gasteiger partial charge in [-0.15, -0.1) is 0 Å². The van der Waals surface area contributed by atoms with Gasteiger partial charge in [0.25, 0.3) is 5.91 Å². The normalized spacial score (nSPS) is 14.3. The maximum absolute atomic E-state index is 12.6. The number of hydrogen-bond acceptors (Lipinski definition) is 4. The van der Waals surface area contributed by atoms with Crippen LogP contribution in [0.5, 0.6) is 5.75 Å². The van der Waals surface area contributed by atoms with Gasteiger partial charge in [0.05, 0.1) is 13.2 Å². The highest BCUT2D eigenvalue weighted by atomic mass is 16.5. The van der Waals surface area contributed by atoms with E-state index < -0.39 is 0 Å². The molecular weight excluding hydrogens is 362 g/mol. The van der Waals surface area contributed by atoms with Gasteiger partial charge in [0.1, 0.15) is 5.75 Å². The zero-order chi connectivity index (χ0) is 20.2. The molecule has 1 N–H and O–H groups in total. The van der Waals surface area contributed by atoms with Crippen LogP contribution in [0.1, 0.15) is 33.1 Å². The third-order valence-corrected chi connectivity index (χ3v) is 5.43. The Hall–Kier alpha value is -3.34. The van der Waals surface area contributed by atoms with Crippen LogP contribution in [-0.4, -0.2) is 36.5 Å². The van der Waals surface area contributed by atoms with Crippen molar-refractivity contribution in [3.8, 4) is 5.75 Å². The molecule has 0 radical (unpaired) electrons. The molecule has 2 heterocycles. The number of nitrogens with zero attached hydrogens (tertiary/aromatic N) is 2. The van der Waals surface area contributed by atoms with Gasteiger partial charge in [-0.05, 0) is 59.9 Å². The average molecular weight is 387 g/mol. The van der Waals surface area contributed by atoms with Crippen LogP contribution in [-0.2, 0) is 12.8 Å². The zero-order valence-corrected chi connectivity index (χ0v) is 16.8. The second-order valence-corrected chi connectivity index (χ2v) is 7.38. The Morgan fingerprint density at radius 2 is 2.00 bits per heavy atom. The van der Waals surface area contributed by atoms with E-state index in [2.05, 4.69) is 40.6 Å². The Labute approximate surface area is 171 Å². The first-order valence-electron chi connectivity index (χ1n) is 9.82. The van der Waals surface area contributed by atoms with Crippen LogP contribution in [0.3, 0.4) is 0 Å². The summed E-state index contributed by atoms with van der Waals surface area (Å²) in [5.41, 5.74) is 5.15. The molecule has 0 saturated heterocycles. The van der Waals surface area contributed by atoms with Crippen LogP contribution in [0.2, 0.25) is 0 Å². The molecule has 0 bridgehead atoms. The number of amides is 1. The van der Waals surface area contributed by atoms with Gasteiger partial charge in [0.15, 0.2) is 0 Å². The second kappa shape index (κ2) is 8.35. The number of methoxy groups -OCH3 is 1. The predicted octanol–water partition coefficient (Wildman–Crippen LogP) is 4.11. The van der Waals surface area contributed by atoms with Crippen molar-refractivity contribution >= 4 is 11.6 Å². The van der Waals surface area contributed by atoms with Gasteiger partial charge in [-0.25, -0.2) is 0 Å². The van der Waals surface area contributed by atoms with E-state index in [1.807, 2.05) is 37.5 Å². The molecule has 0 aliphatic carbocycles. The van der Waals surface area contributed by atoms with E-state index in [1.54, 1.807) is 18.2 Å². The number of fused-ring (bicyclic) bond motifs is 1. The molecule has 5 nitrogen and oxygen atoms in total. The van der Waals surface area contributed by atoms with Crippen LogP contribution in [0.25, 0.3) is 0 Å². The molecule has 3 aromatic rings. The zero-order valence-electron chi connectivity index (χ0n) is 16.8. The highest BCUT2D eigenvalue weighted by Crippen LogP contribution is 2.28. The van der Waals surface area contributed by atoms with Crippen molar-refractivity contribution in [3.63, 3.8) is 0 Å². The van der Waals surface area contributed by atoms with Crippen molar-refractivity contribution in [2.24, 2.45) is 0 Å². The Kier molecular flexibility index (Phi) is 5.47. The molecule has 1 aliphatic heterocycles. The fraction of sp³-hybridized carbons (Fsp3) is 0.250. The predicted molar refractivity (Wildman–Crippen MR) is 114 cm³/mol. The van der Waals surface area contributed by atoms with Crippen molar-refractivity contribution in [2.45, 2.75) is 18.9 Å². The summed E-state index contributed by atoms with van der Waals surface area (Å²) < 4.78 is 5.30. The standard InChI is InChI=1S/C24H25N3O2/c1-27-13-11-18-5-8-20(15-22(18)24(27)28)26-23(14-17-4-3-12-25-16-17)19-6-9-21(29-2)10-7-19/h3-10,12,15-16,23,26H,11,13-14H2,1-2H3. The van der Waals surface area contributed by atoms with Gasteiger partial charge in [-0.1, -0.05) is 24.3 Å². The summed E-state index contributed by atoms with van der Waals surface area (Å²) in [5.74, 6) is 0.916. The molecule has 1 unspecified atom stereocenters. The molecule has 1 aromatic heterocycles. The van der Waals surface area contributed by atoms with Crippen LogP contribution >= 0.6 is 0 Å². The lowest BCUT2D eigenvalue weighted by atomic mass is 9.96. The topological polar surface area (TPSA) is 54.5 Å². The fourth-order valence-electron chi connectivity index (χ4n) is 3.72. The molecule has 0 fully saturated rings. The lowest BCUT2D eigenvalue weighted by Crippen LogP contribution is -2.34. The van der Waals surface area contributed by atoms with E-state index in [1.165, 1.54) is 0 Å². The van der Waals surface area contributed by atoms with Crippen molar-refractivity contribution in [2.75, 3.05) is 26.0 Å². The van der Waals surface area contributed by atoms with Gasteiger partial charge in [-0.3, -0.25) is 9.78 Å². The molecule has 5 heteroatoms. The molecule has 1 amide bonds. The summed E-state index contributed by atoms with van der Waals surface area (Å²) in [6, 6.07) is 18.3. The third-order valence-electron chi connectivity index (χ3n) is 5.43. The van der Waals surface area contributed by atoms with Crippen LogP contribution in [0.4, 0.5) is 5.69 Å². The SMILES string of the molecule is COc1ccc(C(Cc2cccnc2)Nc2ccc3c(c2)C(=O)N(C)CC3)cc1.